The van der Waals surface area contributed by atoms with Crippen LogP contribution in [-0.4, -0.2) is 61.4 Å². The van der Waals surface area contributed by atoms with E-state index in [2.05, 4.69) is 15.2 Å². The Balaban J connectivity index is 1.60. The zero-order chi connectivity index (χ0) is 23.5. The summed E-state index contributed by atoms with van der Waals surface area (Å²) in [5, 5.41) is 8.55. The molecule has 9 nitrogen and oxygen atoms in total. The number of amides is 1. The number of Topliss-reactive ketones (excluding diaryl/α,β-unsaturated/α-hetero) is 1. The number of aromatic nitrogens is 5. The number of pyridine rings is 1. The molecule has 0 saturated carbocycles. The number of rotatable bonds is 8. The molecule has 0 fully saturated rings. The topological polar surface area (TPSA) is 94.6 Å². The summed E-state index contributed by atoms with van der Waals surface area (Å²) in [6, 6.07) is 10.4. The summed E-state index contributed by atoms with van der Waals surface area (Å²) in [5.41, 5.74) is 2.52. The van der Waals surface area contributed by atoms with Crippen LogP contribution in [-0.2, 0) is 13.5 Å². The Morgan fingerprint density at radius 1 is 1.21 bits per heavy atom. The lowest BCUT2D eigenvalue weighted by Crippen LogP contribution is -2.28. The summed E-state index contributed by atoms with van der Waals surface area (Å²) in [4.78, 5) is 31.7. The van der Waals surface area contributed by atoms with Crippen LogP contribution in [0, 0.1) is 0 Å². The Hall–Kier alpha value is -4.08. The van der Waals surface area contributed by atoms with E-state index in [1.807, 2.05) is 6.92 Å². The van der Waals surface area contributed by atoms with E-state index in [9.17, 15) is 14.0 Å². The third kappa shape index (κ3) is 4.45. The summed E-state index contributed by atoms with van der Waals surface area (Å²) in [6.45, 7) is 1.47. The third-order valence-electron chi connectivity index (χ3n) is 5.33. The lowest BCUT2D eigenvalue weighted by atomic mass is 10.0. The molecule has 0 radical (unpaired) electrons. The highest BCUT2D eigenvalue weighted by atomic mass is 19.1. The molecule has 1 amide bonds. The molecule has 1 aromatic carbocycles. The minimum atomic E-state index is -0.919. The second-order valence-corrected chi connectivity index (χ2v) is 7.50. The molecule has 4 rings (SSSR count). The van der Waals surface area contributed by atoms with Gasteiger partial charge >= 0.3 is 0 Å². The molecule has 0 aliphatic heterocycles. The van der Waals surface area contributed by atoms with E-state index in [4.69, 9.17) is 4.74 Å². The van der Waals surface area contributed by atoms with Crippen molar-refractivity contribution in [2.45, 2.75) is 13.3 Å². The number of nitrogens with zero attached hydrogens (tertiary/aromatic N) is 6. The molecule has 0 atom stereocenters. The van der Waals surface area contributed by atoms with Gasteiger partial charge in [-0.2, -0.15) is 5.10 Å². The van der Waals surface area contributed by atoms with Crippen LogP contribution in [0.3, 0.4) is 0 Å². The number of ether oxygens (including phenoxy) is 1. The first-order valence-corrected chi connectivity index (χ1v) is 10.4. The minimum Gasteiger partial charge on any atom is -0.463 e. The van der Waals surface area contributed by atoms with Gasteiger partial charge in [0.2, 0.25) is 6.86 Å². The van der Waals surface area contributed by atoms with Crippen LogP contribution in [0.2, 0.25) is 0 Å². The fourth-order valence-corrected chi connectivity index (χ4v) is 3.49. The van der Waals surface area contributed by atoms with Crippen LogP contribution in [0.25, 0.3) is 17.0 Å². The van der Waals surface area contributed by atoms with Crippen LogP contribution < -0.4 is 4.74 Å². The number of ketones is 1. The third-order valence-corrected chi connectivity index (χ3v) is 5.33. The zero-order valence-corrected chi connectivity index (χ0v) is 18.5. The molecular weight excluding hydrogens is 427 g/mol. The van der Waals surface area contributed by atoms with E-state index in [0.717, 1.165) is 5.56 Å². The predicted octanol–water partition coefficient (Wildman–Crippen LogP) is 2.95. The van der Waals surface area contributed by atoms with Gasteiger partial charge in [-0.3, -0.25) is 14.3 Å². The number of halogens is 1. The number of hydrogen-bond donors (Lipinski definition) is 0. The molecule has 0 bridgehead atoms. The average molecular weight is 450 g/mol. The summed E-state index contributed by atoms with van der Waals surface area (Å²) in [6.07, 6.45) is 3.22. The quantitative estimate of drug-likeness (QED) is 0.383. The first-order chi connectivity index (χ1) is 15.9. The van der Waals surface area contributed by atoms with Crippen LogP contribution in [0.4, 0.5) is 4.39 Å². The molecule has 170 valence electrons. The molecule has 0 saturated heterocycles. The highest BCUT2D eigenvalue weighted by molar-refractivity contribution is 6.07. The van der Waals surface area contributed by atoms with Gasteiger partial charge in [-0.05, 0) is 36.8 Å². The molecule has 10 heteroatoms. The average Bonchev–Trinajstić information content (AvgIpc) is 3.41. The lowest BCUT2D eigenvalue weighted by molar-refractivity contribution is 0.0795. The number of carbonyl (C=O) groups excluding carboxylic acids is 2. The first kappa shape index (κ1) is 22.1. The van der Waals surface area contributed by atoms with Gasteiger partial charge in [0, 0.05) is 38.8 Å². The molecule has 0 aliphatic rings. The number of benzene rings is 1. The van der Waals surface area contributed by atoms with Crippen molar-refractivity contribution >= 4 is 17.3 Å². The lowest BCUT2D eigenvalue weighted by Gasteiger charge is -2.14. The maximum absolute atomic E-state index is 13.1. The molecule has 0 spiro atoms. The van der Waals surface area contributed by atoms with Crippen molar-refractivity contribution in [2.24, 2.45) is 7.05 Å². The number of aryl methyl sites for hydroxylation is 1. The van der Waals surface area contributed by atoms with Crippen LogP contribution in [0.1, 0.15) is 33.3 Å². The van der Waals surface area contributed by atoms with Crippen molar-refractivity contribution in [3.8, 4) is 17.1 Å². The second-order valence-electron chi connectivity index (χ2n) is 7.50. The fraction of sp³-hybridized carbons (Fsp3) is 0.261. The van der Waals surface area contributed by atoms with Crippen molar-refractivity contribution < 1.29 is 18.7 Å². The molecule has 0 N–H and O–H groups in total. The largest absolute Gasteiger partial charge is 0.463 e. The summed E-state index contributed by atoms with van der Waals surface area (Å²) < 4.78 is 20.4. The first-order valence-electron chi connectivity index (χ1n) is 10.4. The van der Waals surface area contributed by atoms with Gasteiger partial charge in [0.05, 0.1) is 11.8 Å². The molecule has 4 aromatic rings. The molecule has 0 unspecified atom stereocenters. The van der Waals surface area contributed by atoms with Crippen molar-refractivity contribution in [3.63, 3.8) is 0 Å². The summed E-state index contributed by atoms with van der Waals surface area (Å²) in [5.74, 6) is 0.369. The Kier molecular flexibility index (Phi) is 6.16. The predicted molar refractivity (Wildman–Crippen MR) is 119 cm³/mol. The van der Waals surface area contributed by atoms with E-state index in [1.165, 1.54) is 15.8 Å². The molecule has 33 heavy (non-hydrogen) atoms. The maximum atomic E-state index is 13.1. The van der Waals surface area contributed by atoms with Crippen molar-refractivity contribution in [1.29, 1.82) is 0 Å². The van der Waals surface area contributed by atoms with Crippen molar-refractivity contribution in [1.82, 2.24) is 29.3 Å². The zero-order valence-electron chi connectivity index (χ0n) is 18.5. The molecular formula is C23H23FN6O3. The fourth-order valence-electron chi connectivity index (χ4n) is 3.49. The molecule has 3 heterocycles. The van der Waals surface area contributed by atoms with Crippen molar-refractivity contribution in [3.05, 3.63) is 65.6 Å². The summed E-state index contributed by atoms with van der Waals surface area (Å²) in [7, 11) is 3.32. The maximum Gasteiger partial charge on any atom is 0.257 e. The van der Waals surface area contributed by atoms with Crippen LogP contribution in [0.5, 0.6) is 5.75 Å². The van der Waals surface area contributed by atoms with Crippen molar-refractivity contribution in [2.75, 3.05) is 20.5 Å². The van der Waals surface area contributed by atoms with Gasteiger partial charge in [0.1, 0.15) is 11.4 Å². The van der Waals surface area contributed by atoms with E-state index in [-0.39, 0.29) is 29.4 Å². The highest BCUT2D eigenvalue weighted by Gasteiger charge is 2.24. The van der Waals surface area contributed by atoms with Gasteiger partial charge in [0.15, 0.2) is 17.3 Å². The van der Waals surface area contributed by atoms with Gasteiger partial charge in [-0.1, -0.05) is 12.1 Å². The number of hydrogen-bond acceptors (Lipinski definition) is 6. The highest BCUT2D eigenvalue weighted by Crippen LogP contribution is 2.22. The number of carbonyl (C=O) groups is 2. The van der Waals surface area contributed by atoms with Crippen LogP contribution in [0.15, 0.2) is 48.8 Å². The van der Waals surface area contributed by atoms with Gasteiger partial charge in [-0.25, -0.2) is 13.9 Å². The van der Waals surface area contributed by atoms with E-state index < -0.39 is 6.86 Å². The second kappa shape index (κ2) is 9.19. The Morgan fingerprint density at radius 2 is 2.03 bits per heavy atom. The number of alkyl halides is 1. The van der Waals surface area contributed by atoms with Gasteiger partial charge < -0.3 is 9.64 Å². The normalized spacial score (nSPS) is 11.0. The minimum absolute atomic E-state index is 0.0776. The number of fused-ring (bicyclic) bond motifs is 1. The van der Waals surface area contributed by atoms with E-state index in [1.54, 1.807) is 61.2 Å². The Bertz CT molecular complexity index is 1330. The Morgan fingerprint density at radius 3 is 2.79 bits per heavy atom. The van der Waals surface area contributed by atoms with E-state index >= 15 is 0 Å². The van der Waals surface area contributed by atoms with Crippen LogP contribution >= 0.6 is 0 Å². The molecule has 0 aliphatic carbocycles. The monoisotopic (exact) mass is 450 g/mol. The van der Waals surface area contributed by atoms with Gasteiger partial charge in [-0.15, -0.1) is 5.10 Å². The standard InChI is InChI=1S/C23H23FN6O3/c1-4-28(2)23(32)18-13-25-29(3)21(18)19(31)10-15-8-9-30-20(11-15)26-22(27-30)16-6-5-7-17(12-16)33-14-24/h5-9,11-13H,4,10,14H2,1-3H3. The van der Waals surface area contributed by atoms with Gasteiger partial charge in [0.25, 0.3) is 5.91 Å². The Labute approximate surface area is 189 Å². The molecule has 3 aromatic heterocycles. The van der Waals surface area contributed by atoms with E-state index in [0.29, 0.717) is 29.3 Å². The smallest absolute Gasteiger partial charge is 0.257 e. The summed E-state index contributed by atoms with van der Waals surface area (Å²) >= 11 is 0. The SMILES string of the molecule is CCN(C)C(=O)c1cnn(C)c1C(=O)Cc1ccn2nc(-c3cccc(OCF)c3)nc2c1.